The van der Waals surface area contributed by atoms with Gasteiger partial charge in [0.25, 0.3) is 5.91 Å². The first-order chi connectivity index (χ1) is 7.56. The van der Waals surface area contributed by atoms with Crippen molar-refractivity contribution < 1.29 is 14.3 Å². The lowest BCUT2D eigenvalue weighted by atomic mass is 10.3. The summed E-state index contributed by atoms with van der Waals surface area (Å²) in [6.45, 7) is 3.94. The van der Waals surface area contributed by atoms with Gasteiger partial charge in [0.15, 0.2) is 0 Å². The van der Waals surface area contributed by atoms with Crippen LogP contribution in [0.2, 0.25) is 0 Å². The van der Waals surface area contributed by atoms with Crippen LogP contribution >= 0.6 is 11.3 Å². The van der Waals surface area contributed by atoms with Gasteiger partial charge in [0.2, 0.25) is 0 Å². The lowest BCUT2D eigenvalue weighted by Gasteiger charge is -2.15. The van der Waals surface area contributed by atoms with Gasteiger partial charge >= 0.3 is 5.97 Å². The van der Waals surface area contributed by atoms with Crippen molar-refractivity contribution in [1.82, 2.24) is 4.90 Å². The molecule has 0 aliphatic carbocycles. The van der Waals surface area contributed by atoms with Crippen molar-refractivity contribution in [3.8, 4) is 0 Å². The highest BCUT2D eigenvalue weighted by Crippen LogP contribution is 2.17. The molecule has 0 spiro atoms. The molecule has 0 radical (unpaired) electrons. The number of hydrogen-bond donors (Lipinski definition) is 0. The molecule has 1 aromatic heterocycles. The Bertz CT molecular complexity index is 386. The van der Waals surface area contributed by atoms with E-state index in [1.165, 1.54) is 16.2 Å². The topological polar surface area (TPSA) is 46.6 Å². The van der Waals surface area contributed by atoms with Crippen LogP contribution in [0.3, 0.4) is 0 Å². The van der Waals surface area contributed by atoms with E-state index >= 15 is 0 Å². The first-order valence-corrected chi connectivity index (χ1v) is 5.89. The Balaban J connectivity index is 2.61. The van der Waals surface area contributed by atoms with E-state index in [-0.39, 0.29) is 18.4 Å². The first-order valence-electron chi connectivity index (χ1n) is 5.01. The summed E-state index contributed by atoms with van der Waals surface area (Å²) in [5.74, 6) is -0.520. The molecule has 1 rings (SSSR count). The Morgan fingerprint density at radius 3 is 2.69 bits per heavy atom. The zero-order valence-electron chi connectivity index (χ0n) is 9.65. The van der Waals surface area contributed by atoms with Gasteiger partial charge in [-0.25, -0.2) is 0 Å². The number of carbonyl (C=O) groups is 2. The van der Waals surface area contributed by atoms with E-state index in [1.54, 1.807) is 14.0 Å². The summed E-state index contributed by atoms with van der Waals surface area (Å²) in [4.78, 5) is 25.1. The third kappa shape index (κ3) is 3.06. The minimum Gasteiger partial charge on any atom is -0.465 e. The van der Waals surface area contributed by atoms with Crippen LogP contribution in [0.5, 0.6) is 0 Å². The normalized spacial score (nSPS) is 9.94. The molecule has 0 unspecified atom stereocenters. The number of esters is 1. The monoisotopic (exact) mass is 241 g/mol. The van der Waals surface area contributed by atoms with Gasteiger partial charge in [-0.15, -0.1) is 11.3 Å². The van der Waals surface area contributed by atoms with E-state index in [0.717, 1.165) is 5.56 Å². The van der Waals surface area contributed by atoms with Gasteiger partial charge in [-0.2, -0.15) is 0 Å². The maximum atomic E-state index is 11.9. The van der Waals surface area contributed by atoms with Crippen molar-refractivity contribution in [3.05, 3.63) is 21.9 Å². The second-order valence-electron chi connectivity index (χ2n) is 3.40. The van der Waals surface area contributed by atoms with Crippen molar-refractivity contribution >= 4 is 23.2 Å². The molecule has 0 fully saturated rings. The van der Waals surface area contributed by atoms with Crippen LogP contribution in [0, 0.1) is 6.92 Å². The van der Waals surface area contributed by atoms with Crippen molar-refractivity contribution in [3.63, 3.8) is 0 Å². The van der Waals surface area contributed by atoms with Crippen LogP contribution < -0.4 is 0 Å². The van der Waals surface area contributed by atoms with Crippen LogP contribution in [0.4, 0.5) is 0 Å². The predicted octanol–water partition coefficient (Wildman–Crippen LogP) is 1.69. The highest BCUT2D eigenvalue weighted by Gasteiger charge is 2.17. The van der Waals surface area contributed by atoms with Gasteiger partial charge in [0, 0.05) is 7.05 Å². The SMILES string of the molecule is CCOC(=O)CN(C)C(=O)c1sccc1C. The quantitative estimate of drug-likeness (QED) is 0.754. The fourth-order valence-electron chi connectivity index (χ4n) is 1.24. The maximum absolute atomic E-state index is 11.9. The predicted molar refractivity (Wildman–Crippen MR) is 62.6 cm³/mol. The minimum absolute atomic E-state index is 0.00991. The third-order valence-corrected chi connectivity index (χ3v) is 3.08. The highest BCUT2D eigenvalue weighted by molar-refractivity contribution is 7.12. The Morgan fingerprint density at radius 1 is 1.50 bits per heavy atom. The molecule has 88 valence electrons. The van der Waals surface area contributed by atoms with Crippen molar-refractivity contribution in [2.75, 3.05) is 20.2 Å². The van der Waals surface area contributed by atoms with E-state index in [2.05, 4.69) is 0 Å². The molecule has 0 N–H and O–H groups in total. The molecule has 5 heteroatoms. The Labute approximate surface area is 98.8 Å². The molecule has 0 atom stereocenters. The second-order valence-corrected chi connectivity index (χ2v) is 4.32. The summed E-state index contributed by atoms with van der Waals surface area (Å²) in [6.07, 6.45) is 0. The van der Waals surface area contributed by atoms with Gasteiger partial charge in [-0.3, -0.25) is 9.59 Å². The number of carbonyl (C=O) groups excluding carboxylic acids is 2. The van der Waals surface area contributed by atoms with Crippen molar-refractivity contribution in [1.29, 1.82) is 0 Å². The smallest absolute Gasteiger partial charge is 0.325 e. The van der Waals surface area contributed by atoms with Gasteiger partial charge in [0.1, 0.15) is 6.54 Å². The summed E-state index contributed by atoms with van der Waals surface area (Å²) in [5.41, 5.74) is 0.936. The molecule has 0 aliphatic heterocycles. The van der Waals surface area contributed by atoms with Gasteiger partial charge in [-0.1, -0.05) is 0 Å². The van der Waals surface area contributed by atoms with Crippen LogP contribution in [0.1, 0.15) is 22.2 Å². The third-order valence-electron chi connectivity index (χ3n) is 2.07. The number of hydrogen-bond acceptors (Lipinski definition) is 4. The second kappa shape index (κ2) is 5.65. The first kappa shape index (κ1) is 12.7. The maximum Gasteiger partial charge on any atom is 0.325 e. The molecule has 1 aromatic rings. The van der Waals surface area contributed by atoms with Gasteiger partial charge in [0.05, 0.1) is 11.5 Å². The number of amides is 1. The van der Waals surface area contributed by atoms with E-state index < -0.39 is 0 Å². The molecule has 0 saturated carbocycles. The Morgan fingerprint density at radius 2 is 2.19 bits per heavy atom. The van der Waals surface area contributed by atoms with E-state index in [9.17, 15) is 9.59 Å². The molecule has 4 nitrogen and oxygen atoms in total. The summed E-state index contributed by atoms with van der Waals surface area (Å²) < 4.78 is 4.78. The molecule has 0 aliphatic rings. The molecule has 0 bridgehead atoms. The van der Waals surface area contributed by atoms with Crippen LogP contribution in [-0.4, -0.2) is 37.0 Å². The standard InChI is InChI=1S/C11H15NO3S/c1-4-15-9(13)7-12(3)11(14)10-8(2)5-6-16-10/h5-6H,4,7H2,1-3H3. The molecule has 0 aromatic carbocycles. The summed E-state index contributed by atoms with van der Waals surface area (Å²) in [7, 11) is 1.60. The van der Waals surface area contributed by atoms with E-state index in [1.807, 2.05) is 18.4 Å². The Hall–Kier alpha value is -1.36. The van der Waals surface area contributed by atoms with E-state index in [0.29, 0.717) is 11.5 Å². The lowest BCUT2D eigenvalue weighted by molar-refractivity contribution is -0.143. The average molecular weight is 241 g/mol. The van der Waals surface area contributed by atoms with Crippen LogP contribution in [0.25, 0.3) is 0 Å². The zero-order valence-corrected chi connectivity index (χ0v) is 10.5. The van der Waals surface area contributed by atoms with Gasteiger partial charge in [-0.05, 0) is 30.9 Å². The molecular formula is C11H15NO3S. The summed E-state index contributed by atoms with van der Waals surface area (Å²) in [6, 6.07) is 1.89. The highest BCUT2D eigenvalue weighted by atomic mass is 32.1. The molecular weight excluding hydrogens is 226 g/mol. The molecule has 16 heavy (non-hydrogen) atoms. The van der Waals surface area contributed by atoms with Gasteiger partial charge < -0.3 is 9.64 Å². The Kier molecular flexibility index (Phi) is 4.49. The number of ether oxygens (including phenoxy) is 1. The number of rotatable bonds is 4. The zero-order chi connectivity index (χ0) is 12.1. The summed E-state index contributed by atoms with van der Waals surface area (Å²) >= 11 is 1.38. The fraction of sp³-hybridized carbons (Fsp3) is 0.455. The number of aryl methyl sites for hydroxylation is 1. The molecule has 1 amide bonds. The number of likely N-dealkylation sites (N-methyl/N-ethyl adjacent to an activating group) is 1. The largest absolute Gasteiger partial charge is 0.465 e. The number of thiophene rings is 1. The van der Waals surface area contributed by atoms with Crippen molar-refractivity contribution in [2.24, 2.45) is 0 Å². The summed E-state index contributed by atoms with van der Waals surface area (Å²) in [5, 5.41) is 1.86. The number of nitrogens with zero attached hydrogens (tertiary/aromatic N) is 1. The average Bonchev–Trinajstić information content (AvgIpc) is 2.63. The van der Waals surface area contributed by atoms with E-state index in [4.69, 9.17) is 4.74 Å². The lowest BCUT2D eigenvalue weighted by Crippen LogP contribution is -2.32. The minimum atomic E-state index is -0.382. The van der Waals surface area contributed by atoms with Crippen LogP contribution in [0.15, 0.2) is 11.4 Å². The molecule has 1 heterocycles. The van der Waals surface area contributed by atoms with Crippen LogP contribution in [-0.2, 0) is 9.53 Å². The van der Waals surface area contributed by atoms with Crippen molar-refractivity contribution in [2.45, 2.75) is 13.8 Å². The molecule has 0 saturated heterocycles. The fourth-order valence-corrected chi connectivity index (χ4v) is 2.16.